The summed E-state index contributed by atoms with van der Waals surface area (Å²) in [7, 11) is 0. The van der Waals surface area contributed by atoms with Crippen molar-refractivity contribution in [1.29, 1.82) is 0 Å². The molecule has 3 N–H and O–H groups in total. The van der Waals surface area contributed by atoms with Crippen LogP contribution in [-0.2, 0) is 4.79 Å². The summed E-state index contributed by atoms with van der Waals surface area (Å²) in [4.78, 5) is 10.2. The first-order valence-electron chi connectivity index (χ1n) is 5.00. The Morgan fingerprint density at radius 2 is 2.14 bits per heavy atom. The van der Waals surface area contributed by atoms with Crippen molar-refractivity contribution >= 4 is 5.97 Å². The van der Waals surface area contributed by atoms with Gasteiger partial charge in [0.05, 0.1) is 0 Å². The van der Waals surface area contributed by atoms with E-state index < -0.39 is 5.97 Å². The molecule has 1 aliphatic carbocycles. The van der Waals surface area contributed by atoms with E-state index in [0.29, 0.717) is 0 Å². The fourth-order valence-corrected chi connectivity index (χ4v) is 1.89. The van der Waals surface area contributed by atoms with E-state index in [1.165, 1.54) is 6.20 Å². The molecular formula is C10H17NO3. The summed E-state index contributed by atoms with van der Waals surface area (Å²) in [6.45, 7) is 0.179. The summed E-state index contributed by atoms with van der Waals surface area (Å²) in [5.41, 5.74) is 0. The van der Waals surface area contributed by atoms with Crippen LogP contribution < -0.4 is 5.32 Å². The second-order valence-electron chi connectivity index (χ2n) is 3.67. The van der Waals surface area contributed by atoms with Gasteiger partial charge in [-0.25, -0.2) is 4.79 Å². The third-order valence-electron chi connectivity index (χ3n) is 2.68. The van der Waals surface area contributed by atoms with Crippen molar-refractivity contribution in [3.8, 4) is 0 Å². The van der Waals surface area contributed by atoms with Crippen LogP contribution in [0.5, 0.6) is 0 Å². The molecule has 0 heterocycles. The lowest BCUT2D eigenvalue weighted by atomic mass is 9.85. The Bertz CT molecular complexity index is 215. The zero-order valence-electron chi connectivity index (χ0n) is 8.15. The second kappa shape index (κ2) is 5.65. The van der Waals surface area contributed by atoms with Gasteiger partial charge in [-0.15, -0.1) is 0 Å². The molecule has 0 aromatic heterocycles. The van der Waals surface area contributed by atoms with E-state index in [4.69, 9.17) is 10.2 Å². The summed E-state index contributed by atoms with van der Waals surface area (Å²) >= 11 is 0. The van der Waals surface area contributed by atoms with Crippen molar-refractivity contribution < 1.29 is 15.0 Å². The molecule has 80 valence electrons. The Kier molecular flexibility index (Phi) is 4.46. The van der Waals surface area contributed by atoms with Crippen LogP contribution in [0.3, 0.4) is 0 Å². The molecule has 1 rings (SSSR count). The topological polar surface area (TPSA) is 69.6 Å². The lowest BCUT2D eigenvalue weighted by Crippen LogP contribution is -2.37. The van der Waals surface area contributed by atoms with Gasteiger partial charge in [0.1, 0.15) is 0 Å². The number of carboxylic acids is 1. The molecule has 1 aliphatic rings. The Labute approximate surface area is 83.6 Å². The number of aliphatic hydroxyl groups excluding tert-OH is 1. The molecule has 2 unspecified atom stereocenters. The summed E-state index contributed by atoms with van der Waals surface area (Å²) in [6.07, 6.45) is 6.88. The Balaban J connectivity index is 2.36. The minimum Gasteiger partial charge on any atom is -0.478 e. The Morgan fingerprint density at radius 3 is 2.79 bits per heavy atom. The predicted molar refractivity (Wildman–Crippen MR) is 52.7 cm³/mol. The number of nitrogens with one attached hydrogen (secondary N) is 1. The van der Waals surface area contributed by atoms with Crippen LogP contribution in [0, 0.1) is 5.92 Å². The Hall–Kier alpha value is -1.03. The van der Waals surface area contributed by atoms with Gasteiger partial charge in [0.15, 0.2) is 0 Å². The lowest BCUT2D eigenvalue weighted by molar-refractivity contribution is -0.131. The first-order chi connectivity index (χ1) is 6.74. The molecule has 0 bridgehead atoms. The van der Waals surface area contributed by atoms with Crippen molar-refractivity contribution in [1.82, 2.24) is 5.32 Å². The fourth-order valence-electron chi connectivity index (χ4n) is 1.89. The van der Waals surface area contributed by atoms with E-state index in [1.807, 2.05) is 0 Å². The van der Waals surface area contributed by atoms with Crippen molar-refractivity contribution in [2.75, 3.05) is 6.61 Å². The number of aliphatic carboxylic acids is 1. The molecule has 14 heavy (non-hydrogen) atoms. The SMILES string of the molecule is O=C(O)/C=C/NC1CCCCC1CO. The summed E-state index contributed by atoms with van der Waals surface area (Å²) in [6, 6.07) is 0.226. The molecule has 0 aromatic carbocycles. The van der Waals surface area contributed by atoms with Crippen molar-refractivity contribution in [2.24, 2.45) is 5.92 Å². The van der Waals surface area contributed by atoms with Gasteiger partial charge in [0.25, 0.3) is 0 Å². The number of carbonyl (C=O) groups is 1. The van der Waals surface area contributed by atoms with Gasteiger partial charge in [-0.2, -0.15) is 0 Å². The third kappa shape index (κ3) is 3.38. The molecule has 4 nitrogen and oxygen atoms in total. The van der Waals surface area contributed by atoms with E-state index in [0.717, 1.165) is 31.8 Å². The van der Waals surface area contributed by atoms with Crippen LogP contribution in [0.25, 0.3) is 0 Å². The molecule has 0 amide bonds. The predicted octanol–water partition coefficient (Wildman–Crippen LogP) is 0.725. The molecule has 0 radical (unpaired) electrons. The number of hydrogen-bond acceptors (Lipinski definition) is 3. The largest absolute Gasteiger partial charge is 0.478 e. The fraction of sp³-hybridized carbons (Fsp3) is 0.700. The van der Waals surface area contributed by atoms with Crippen molar-refractivity contribution in [3.05, 3.63) is 12.3 Å². The molecule has 2 atom stereocenters. The van der Waals surface area contributed by atoms with Gasteiger partial charge in [0.2, 0.25) is 0 Å². The minimum absolute atomic E-state index is 0.179. The zero-order valence-corrected chi connectivity index (χ0v) is 8.15. The number of carboxylic acid groups (broad SMARTS) is 1. The van der Waals surface area contributed by atoms with E-state index in [2.05, 4.69) is 5.32 Å². The summed E-state index contributed by atoms with van der Waals surface area (Å²) in [5.74, 6) is -0.684. The molecule has 0 saturated heterocycles. The average Bonchev–Trinajstić information content (AvgIpc) is 2.18. The highest BCUT2D eigenvalue weighted by molar-refractivity contribution is 5.79. The van der Waals surface area contributed by atoms with Gasteiger partial charge in [-0.3, -0.25) is 0 Å². The van der Waals surface area contributed by atoms with Gasteiger partial charge >= 0.3 is 5.97 Å². The normalized spacial score (nSPS) is 27.8. The molecule has 1 saturated carbocycles. The maximum atomic E-state index is 10.2. The van der Waals surface area contributed by atoms with Crippen LogP contribution in [0.15, 0.2) is 12.3 Å². The molecule has 1 fully saturated rings. The maximum absolute atomic E-state index is 10.2. The summed E-state index contributed by atoms with van der Waals surface area (Å²) in [5, 5.41) is 20.5. The first kappa shape index (κ1) is 11.0. The van der Waals surface area contributed by atoms with Gasteiger partial charge in [0, 0.05) is 30.8 Å². The van der Waals surface area contributed by atoms with Crippen LogP contribution in [-0.4, -0.2) is 28.8 Å². The lowest BCUT2D eigenvalue weighted by Gasteiger charge is -2.30. The standard InChI is InChI=1S/C10H17NO3/c12-7-8-3-1-2-4-9(8)11-6-5-10(13)14/h5-6,8-9,11-12H,1-4,7H2,(H,13,14)/b6-5+. The van der Waals surface area contributed by atoms with E-state index >= 15 is 0 Å². The number of rotatable bonds is 4. The van der Waals surface area contributed by atoms with E-state index in [1.54, 1.807) is 0 Å². The van der Waals surface area contributed by atoms with Crippen LogP contribution in [0.1, 0.15) is 25.7 Å². The first-order valence-corrected chi connectivity index (χ1v) is 5.00. The van der Waals surface area contributed by atoms with Crippen LogP contribution in [0.2, 0.25) is 0 Å². The molecule has 4 heteroatoms. The summed E-state index contributed by atoms with van der Waals surface area (Å²) < 4.78 is 0. The minimum atomic E-state index is -0.950. The smallest absolute Gasteiger partial charge is 0.329 e. The van der Waals surface area contributed by atoms with E-state index in [-0.39, 0.29) is 18.6 Å². The van der Waals surface area contributed by atoms with Crippen molar-refractivity contribution in [2.45, 2.75) is 31.7 Å². The molecule has 0 spiro atoms. The third-order valence-corrected chi connectivity index (χ3v) is 2.68. The van der Waals surface area contributed by atoms with Crippen LogP contribution in [0.4, 0.5) is 0 Å². The van der Waals surface area contributed by atoms with Crippen molar-refractivity contribution in [3.63, 3.8) is 0 Å². The molecule has 0 aromatic rings. The van der Waals surface area contributed by atoms with Crippen LogP contribution >= 0.6 is 0 Å². The average molecular weight is 199 g/mol. The second-order valence-corrected chi connectivity index (χ2v) is 3.67. The highest BCUT2D eigenvalue weighted by Gasteiger charge is 2.22. The monoisotopic (exact) mass is 199 g/mol. The number of aliphatic hydroxyl groups is 1. The maximum Gasteiger partial charge on any atom is 0.329 e. The van der Waals surface area contributed by atoms with Gasteiger partial charge < -0.3 is 15.5 Å². The van der Waals surface area contributed by atoms with Gasteiger partial charge in [-0.05, 0) is 12.8 Å². The molecule has 0 aliphatic heterocycles. The zero-order chi connectivity index (χ0) is 10.4. The molecular weight excluding hydrogens is 182 g/mol. The quantitative estimate of drug-likeness (QED) is 0.584. The Morgan fingerprint density at radius 1 is 1.43 bits per heavy atom. The number of hydrogen-bond donors (Lipinski definition) is 3. The highest BCUT2D eigenvalue weighted by atomic mass is 16.4. The van der Waals surface area contributed by atoms with Gasteiger partial charge in [-0.1, -0.05) is 12.8 Å². The van der Waals surface area contributed by atoms with E-state index in [9.17, 15) is 4.79 Å². The highest BCUT2D eigenvalue weighted by Crippen LogP contribution is 2.23.